The maximum atomic E-state index is 9.21. The molecule has 1 unspecified atom stereocenters. The van der Waals surface area contributed by atoms with Crippen LogP contribution in [0.15, 0.2) is 42.7 Å². The van der Waals surface area contributed by atoms with Crippen LogP contribution in [-0.4, -0.2) is 49.5 Å². The number of H-pyrrole nitrogens is 1. The first-order chi connectivity index (χ1) is 12.8. The smallest absolute Gasteiger partial charge is 0.139 e. The van der Waals surface area contributed by atoms with Crippen molar-refractivity contribution in [1.82, 2.24) is 9.97 Å². The summed E-state index contributed by atoms with van der Waals surface area (Å²) in [6, 6.07) is 11.9. The molecule has 0 bridgehead atoms. The fraction of sp³-hybridized carbons (Fsp3) is 0.300. The van der Waals surface area contributed by atoms with Crippen LogP contribution in [0.1, 0.15) is 5.56 Å². The highest BCUT2D eigenvalue weighted by molar-refractivity contribution is 6.02. The second kappa shape index (κ2) is 7.16. The average molecular weight is 348 g/mol. The highest BCUT2D eigenvalue weighted by Crippen LogP contribution is 2.35. The predicted molar refractivity (Wildman–Crippen MR) is 100 cm³/mol. The van der Waals surface area contributed by atoms with Gasteiger partial charge in [0.15, 0.2) is 0 Å². The standard InChI is InChI=1S/C20H20N4O2/c1-25-13-16-12-24(7-8-26-16)18-5-6-22-20-19(18)17(11-23-20)15-4-2-3-14(9-15)10-21/h2-6,9,11,16H,7-8,12-13H2,1H3,(H,22,23). The van der Waals surface area contributed by atoms with Gasteiger partial charge in [-0.2, -0.15) is 5.26 Å². The molecule has 6 heteroatoms. The number of nitriles is 1. The van der Waals surface area contributed by atoms with E-state index in [0.29, 0.717) is 18.8 Å². The van der Waals surface area contributed by atoms with Crippen molar-refractivity contribution in [3.63, 3.8) is 0 Å². The summed E-state index contributed by atoms with van der Waals surface area (Å²) in [6.07, 6.45) is 3.84. The Hall–Kier alpha value is -2.88. The van der Waals surface area contributed by atoms with Gasteiger partial charge in [0.25, 0.3) is 0 Å². The molecule has 0 spiro atoms. The molecule has 6 nitrogen and oxygen atoms in total. The van der Waals surface area contributed by atoms with Gasteiger partial charge in [0.2, 0.25) is 0 Å². The van der Waals surface area contributed by atoms with Crippen molar-refractivity contribution < 1.29 is 9.47 Å². The molecule has 132 valence electrons. The molecular formula is C20H20N4O2. The van der Waals surface area contributed by atoms with Crippen LogP contribution >= 0.6 is 0 Å². The second-order valence-electron chi connectivity index (χ2n) is 6.34. The van der Waals surface area contributed by atoms with Crippen molar-refractivity contribution in [3.05, 3.63) is 48.3 Å². The molecule has 0 saturated carbocycles. The van der Waals surface area contributed by atoms with Gasteiger partial charge in [0.05, 0.1) is 36.6 Å². The van der Waals surface area contributed by atoms with Gasteiger partial charge < -0.3 is 19.4 Å². The topological polar surface area (TPSA) is 74.2 Å². The summed E-state index contributed by atoms with van der Waals surface area (Å²) in [4.78, 5) is 10.1. The van der Waals surface area contributed by atoms with Crippen LogP contribution in [0.2, 0.25) is 0 Å². The monoisotopic (exact) mass is 348 g/mol. The van der Waals surface area contributed by atoms with Crippen molar-refractivity contribution in [2.45, 2.75) is 6.10 Å². The van der Waals surface area contributed by atoms with Crippen LogP contribution in [0.25, 0.3) is 22.2 Å². The summed E-state index contributed by atoms with van der Waals surface area (Å²) >= 11 is 0. The van der Waals surface area contributed by atoms with Crippen LogP contribution in [0.3, 0.4) is 0 Å². The van der Waals surface area contributed by atoms with Crippen LogP contribution < -0.4 is 4.90 Å². The zero-order valence-corrected chi connectivity index (χ0v) is 14.6. The number of fused-ring (bicyclic) bond motifs is 1. The SMILES string of the molecule is COCC1CN(c2ccnc3[nH]cc(-c4cccc(C#N)c4)c23)CCO1. The van der Waals surface area contributed by atoms with E-state index in [2.05, 4.69) is 20.9 Å². The number of hydrogen-bond donors (Lipinski definition) is 1. The molecule has 4 rings (SSSR count). The lowest BCUT2D eigenvalue weighted by molar-refractivity contribution is -0.00995. The summed E-state index contributed by atoms with van der Waals surface area (Å²) in [5.74, 6) is 0. The lowest BCUT2D eigenvalue weighted by atomic mass is 10.0. The quantitative estimate of drug-likeness (QED) is 0.785. The predicted octanol–water partition coefficient (Wildman–Crippen LogP) is 2.95. The number of nitrogens with one attached hydrogen (secondary N) is 1. The van der Waals surface area contributed by atoms with Crippen LogP contribution in [0.4, 0.5) is 5.69 Å². The molecule has 1 saturated heterocycles. The number of rotatable bonds is 4. The van der Waals surface area contributed by atoms with Gasteiger partial charge in [0.1, 0.15) is 5.65 Å². The Labute approximate surface area is 152 Å². The summed E-state index contributed by atoms with van der Waals surface area (Å²) in [6.45, 7) is 2.84. The first-order valence-corrected chi connectivity index (χ1v) is 8.62. The fourth-order valence-corrected chi connectivity index (χ4v) is 3.51. The molecule has 1 fully saturated rings. The van der Waals surface area contributed by atoms with Crippen LogP contribution in [-0.2, 0) is 9.47 Å². The average Bonchev–Trinajstić information content (AvgIpc) is 3.13. The van der Waals surface area contributed by atoms with E-state index >= 15 is 0 Å². The van der Waals surface area contributed by atoms with E-state index in [1.165, 1.54) is 0 Å². The van der Waals surface area contributed by atoms with E-state index in [-0.39, 0.29) is 6.10 Å². The number of methoxy groups -OCH3 is 1. The van der Waals surface area contributed by atoms with Gasteiger partial charge in [-0.15, -0.1) is 0 Å². The highest BCUT2D eigenvalue weighted by atomic mass is 16.5. The first-order valence-electron chi connectivity index (χ1n) is 8.62. The van der Waals surface area contributed by atoms with Crippen molar-refractivity contribution in [2.24, 2.45) is 0 Å². The molecule has 1 aliphatic rings. The first kappa shape index (κ1) is 16.6. The van der Waals surface area contributed by atoms with Crippen molar-refractivity contribution in [1.29, 1.82) is 5.26 Å². The van der Waals surface area contributed by atoms with Gasteiger partial charge in [-0.3, -0.25) is 0 Å². The minimum absolute atomic E-state index is 0.0567. The normalized spacial score (nSPS) is 17.4. The number of aromatic amines is 1. The molecule has 0 radical (unpaired) electrons. The third-order valence-corrected chi connectivity index (χ3v) is 4.69. The van der Waals surface area contributed by atoms with Gasteiger partial charge in [0, 0.05) is 43.5 Å². The molecule has 3 heterocycles. The molecule has 1 aromatic carbocycles. The lowest BCUT2D eigenvalue weighted by Crippen LogP contribution is -2.44. The molecule has 0 amide bonds. The fourth-order valence-electron chi connectivity index (χ4n) is 3.51. The van der Waals surface area contributed by atoms with Crippen molar-refractivity contribution in [2.75, 3.05) is 38.3 Å². The highest BCUT2D eigenvalue weighted by Gasteiger charge is 2.23. The van der Waals surface area contributed by atoms with Crippen LogP contribution in [0.5, 0.6) is 0 Å². The molecule has 1 N–H and O–H groups in total. The van der Waals surface area contributed by atoms with E-state index < -0.39 is 0 Å². The van der Waals surface area contributed by atoms with Gasteiger partial charge in [-0.25, -0.2) is 4.98 Å². The maximum absolute atomic E-state index is 9.21. The van der Waals surface area contributed by atoms with E-state index in [4.69, 9.17) is 9.47 Å². The summed E-state index contributed by atoms with van der Waals surface area (Å²) < 4.78 is 11.0. The Balaban J connectivity index is 1.79. The minimum atomic E-state index is 0.0567. The second-order valence-corrected chi connectivity index (χ2v) is 6.34. The zero-order chi connectivity index (χ0) is 17.9. The molecule has 1 atom stereocenters. The summed E-state index contributed by atoms with van der Waals surface area (Å²) in [7, 11) is 1.69. The third kappa shape index (κ3) is 3.03. The number of pyridine rings is 1. The van der Waals surface area contributed by atoms with Gasteiger partial charge >= 0.3 is 0 Å². The van der Waals surface area contributed by atoms with E-state index in [1.807, 2.05) is 42.7 Å². The number of nitrogens with zero attached hydrogens (tertiary/aromatic N) is 3. The van der Waals surface area contributed by atoms with E-state index in [1.54, 1.807) is 7.11 Å². The van der Waals surface area contributed by atoms with Crippen molar-refractivity contribution in [3.8, 4) is 17.2 Å². The summed E-state index contributed by atoms with van der Waals surface area (Å²) in [5, 5.41) is 10.3. The number of benzene rings is 1. The van der Waals surface area contributed by atoms with E-state index in [9.17, 15) is 5.26 Å². The molecule has 2 aromatic heterocycles. The molecule has 26 heavy (non-hydrogen) atoms. The number of morpholine rings is 1. The maximum Gasteiger partial charge on any atom is 0.139 e. The Bertz CT molecular complexity index is 958. The zero-order valence-electron chi connectivity index (χ0n) is 14.6. The van der Waals surface area contributed by atoms with Crippen molar-refractivity contribution >= 4 is 16.7 Å². The summed E-state index contributed by atoms with van der Waals surface area (Å²) in [5.41, 5.74) is 4.67. The molecule has 3 aromatic rings. The third-order valence-electron chi connectivity index (χ3n) is 4.69. The Morgan fingerprint density at radius 1 is 1.42 bits per heavy atom. The van der Waals surface area contributed by atoms with Gasteiger partial charge in [-0.1, -0.05) is 12.1 Å². The number of ether oxygens (including phenoxy) is 2. The number of anilines is 1. The minimum Gasteiger partial charge on any atom is -0.382 e. The molecule has 1 aliphatic heterocycles. The molecular weight excluding hydrogens is 328 g/mol. The number of hydrogen-bond acceptors (Lipinski definition) is 5. The number of aromatic nitrogens is 2. The van der Waals surface area contributed by atoms with Crippen LogP contribution in [0, 0.1) is 11.3 Å². The Morgan fingerprint density at radius 2 is 2.35 bits per heavy atom. The van der Waals surface area contributed by atoms with E-state index in [0.717, 1.165) is 40.9 Å². The van der Waals surface area contributed by atoms with Gasteiger partial charge in [-0.05, 0) is 23.8 Å². The molecule has 0 aliphatic carbocycles. The lowest BCUT2D eigenvalue weighted by Gasteiger charge is -2.34. The largest absolute Gasteiger partial charge is 0.382 e. The Morgan fingerprint density at radius 3 is 3.19 bits per heavy atom. The Kier molecular flexibility index (Phi) is 4.57.